The van der Waals surface area contributed by atoms with Gasteiger partial charge in [0.2, 0.25) is 11.8 Å². The van der Waals surface area contributed by atoms with E-state index in [1.165, 1.54) is 5.56 Å². The van der Waals surface area contributed by atoms with E-state index in [-0.39, 0.29) is 18.3 Å². The van der Waals surface area contributed by atoms with Crippen molar-refractivity contribution in [2.75, 3.05) is 0 Å². The first kappa shape index (κ1) is 17.9. The summed E-state index contributed by atoms with van der Waals surface area (Å²) in [5, 5.41) is 11.5. The molecule has 8 heteroatoms. The Kier molecular flexibility index (Phi) is 4.13. The Hall–Kier alpha value is -3.19. The Bertz CT molecular complexity index is 1110. The molecular weight excluding hydrogens is 392 g/mol. The van der Waals surface area contributed by atoms with Gasteiger partial charge >= 0.3 is 6.03 Å². The standard InChI is InChI=1S/C21H17ClN4O3/c22-16-7-5-14(6-8-16)18-25-24-17(29-18)12-26-19(27)21(23-20(26)28)10-9-13-3-1-2-4-15(13)11-21/h1-8H,9-12H2,(H,23,28). The summed E-state index contributed by atoms with van der Waals surface area (Å²) in [6.45, 7) is -0.0609. The fourth-order valence-corrected chi connectivity index (χ4v) is 4.13. The molecule has 29 heavy (non-hydrogen) atoms. The zero-order chi connectivity index (χ0) is 20.0. The van der Waals surface area contributed by atoms with Crippen LogP contribution in [0.25, 0.3) is 11.5 Å². The largest absolute Gasteiger partial charge is 0.419 e. The first-order valence-corrected chi connectivity index (χ1v) is 9.71. The van der Waals surface area contributed by atoms with E-state index in [4.69, 9.17) is 16.0 Å². The topological polar surface area (TPSA) is 88.3 Å². The highest BCUT2D eigenvalue weighted by atomic mass is 35.5. The van der Waals surface area contributed by atoms with Crippen LogP contribution in [-0.4, -0.2) is 32.6 Å². The summed E-state index contributed by atoms with van der Waals surface area (Å²) in [5.41, 5.74) is 2.13. The van der Waals surface area contributed by atoms with Crippen LogP contribution in [0, 0.1) is 0 Å². The predicted molar refractivity (Wildman–Crippen MR) is 105 cm³/mol. The molecule has 1 saturated heterocycles. The summed E-state index contributed by atoms with van der Waals surface area (Å²) in [5.74, 6) is 0.264. The molecule has 1 atom stereocenters. The van der Waals surface area contributed by atoms with E-state index in [0.717, 1.165) is 16.9 Å². The van der Waals surface area contributed by atoms with Crippen LogP contribution in [0.3, 0.4) is 0 Å². The fraction of sp³-hybridized carbons (Fsp3) is 0.238. The summed E-state index contributed by atoms with van der Waals surface area (Å²) in [4.78, 5) is 26.9. The quantitative estimate of drug-likeness (QED) is 0.671. The molecule has 0 saturated carbocycles. The summed E-state index contributed by atoms with van der Waals surface area (Å²) < 4.78 is 5.66. The number of amides is 3. The Balaban J connectivity index is 1.36. The maximum absolute atomic E-state index is 13.2. The number of halogens is 1. The molecule has 3 aromatic rings. The maximum Gasteiger partial charge on any atom is 0.325 e. The number of nitrogens with zero attached hydrogens (tertiary/aromatic N) is 3. The SMILES string of the molecule is O=C1NC2(CCc3ccccc3C2)C(=O)N1Cc1nnc(-c2ccc(Cl)cc2)o1. The van der Waals surface area contributed by atoms with E-state index in [1.807, 2.05) is 18.2 Å². The minimum Gasteiger partial charge on any atom is -0.419 e. The van der Waals surface area contributed by atoms with Gasteiger partial charge in [0.15, 0.2) is 0 Å². The van der Waals surface area contributed by atoms with Crippen LogP contribution < -0.4 is 5.32 Å². The van der Waals surface area contributed by atoms with Crippen molar-refractivity contribution in [2.45, 2.75) is 31.3 Å². The van der Waals surface area contributed by atoms with Crippen molar-refractivity contribution in [3.8, 4) is 11.5 Å². The summed E-state index contributed by atoms with van der Waals surface area (Å²) in [6.07, 6.45) is 1.81. The molecule has 7 nitrogen and oxygen atoms in total. The van der Waals surface area contributed by atoms with Gasteiger partial charge in [-0.1, -0.05) is 35.9 Å². The maximum atomic E-state index is 13.2. The van der Waals surface area contributed by atoms with Gasteiger partial charge < -0.3 is 9.73 Å². The van der Waals surface area contributed by atoms with Gasteiger partial charge in [-0.3, -0.25) is 9.69 Å². The lowest BCUT2D eigenvalue weighted by Gasteiger charge is -2.32. The first-order chi connectivity index (χ1) is 14.0. The van der Waals surface area contributed by atoms with E-state index in [1.54, 1.807) is 24.3 Å². The smallest absolute Gasteiger partial charge is 0.325 e. The van der Waals surface area contributed by atoms with E-state index in [2.05, 4.69) is 21.6 Å². The van der Waals surface area contributed by atoms with Crippen LogP contribution in [0.4, 0.5) is 4.79 Å². The number of aryl methyl sites for hydroxylation is 1. The predicted octanol–water partition coefficient (Wildman–Crippen LogP) is 3.37. The summed E-state index contributed by atoms with van der Waals surface area (Å²) in [7, 11) is 0. The molecule has 1 spiro atoms. The van der Waals surface area contributed by atoms with Crippen LogP contribution in [0.15, 0.2) is 52.9 Å². The van der Waals surface area contributed by atoms with Gasteiger partial charge in [0.05, 0.1) is 0 Å². The molecule has 1 unspecified atom stereocenters. The zero-order valence-corrected chi connectivity index (χ0v) is 16.1. The van der Waals surface area contributed by atoms with E-state index in [0.29, 0.717) is 29.3 Å². The fourth-order valence-electron chi connectivity index (χ4n) is 4.01. The highest BCUT2D eigenvalue weighted by Crippen LogP contribution is 2.34. The lowest BCUT2D eigenvalue weighted by atomic mass is 9.78. The molecule has 1 aromatic heterocycles. The van der Waals surface area contributed by atoms with Crippen LogP contribution in [-0.2, 0) is 24.2 Å². The van der Waals surface area contributed by atoms with Crippen molar-refractivity contribution in [2.24, 2.45) is 0 Å². The third-order valence-corrected chi connectivity index (χ3v) is 5.78. The van der Waals surface area contributed by atoms with E-state index in [9.17, 15) is 9.59 Å². The molecular formula is C21H17ClN4O3. The number of rotatable bonds is 3. The molecule has 146 valence electrons. The molecule has 1 fully saturated rings. The number of hydrogen-bond acceptors (Lipinski definition) is 5. The van der Waals surface area contributed by atoms with Gasteiger partial charge in [0, 0.05) is 17.0 Å². The van der Waals surface area contributed by atoms with Crippen molar-refractivity contribution in [1.82, 2.24) is 20.4 Å². The van der Waals surface area contributed by atoms with Crippen molar-refractivity contribution < 1.29 is 14.0 Å². The number of urea groups is 1. The minimum absolute atomic E-state index is 0.0609. The molecule has 0 radical (unpaired) electrons. The third kappa shape index (κ3) is 3.07. The van der Waals surface area contributed by atoms with Crippen LogP contribution in [0.2, 0.25) is 5.02 Å². The van der Waals surface area contributed by atoms with E-state index < -0.39 is 11.6 Å². The van der Waals surface area contributed by atoms with E-state index >= 15 is 0 Å². The number of carbonyl (C=O) groups excluding carboxylic acids is 2. The highest BCUT2D eigenvalue weighted by molar-refractivity contribution is 6.30. The molecule has 2 aromatic carbocycles. The second kappa shape index (κ2) is 6.70. The number of carbonyl (C=O) groups is 2. The second-order valence-corrected chi connectivity index (χ2v) is 7.79. The molecule has 1 N–H and O–H groups in total. The lowest BCUT2D eigenvalue weighted by molar-refractivity contribution is -0.132. The average molecular weight is 409 g/mol. The van der Waals surface area contributed by atoms with Gasteiger partial charge in [0.25, 0.3) is 5.91 Å². The Morgan fingerprint density at radius 1 is 1.07 bits per heavy atom. The molecule has 0 bridgehead atoms. The molecule has 3 amide bonds. The number of imide groups is 1. The highest BCUT2D eigenvalue weighted by Gasteiger charge is 2.52. The van der Waals surface area contributed by atoms with Crippen LogP contribution in [0.5, 0.6) is 0 Å². The number of fused-ring (bicyclic) bond motifs is 1. The van der Waals surface area contributed by atoms with Gasteiger partial charge in [-0.2, -0.15) is 0 Å². The average Bonchev–Trinajstić information content (AvgIpc) is 3.28. The Labute approximate surface area is 171 Å². The zero-order valence-electron chi connectivity index (χ0n) is 15.4. The molecule has 1 aliphatic carbocycles. The Morgan fingerprint density at radius 2 is 1.83 bits per heavy atom. The number of benzene rings is 2. The Morgan fingerprint density at radius 3 is 2.62 bits per heavy atom. The van der Waals surface area contributed by atoms with Gasteiger partial charge in [0.1, 0.15) is 12.1 Å². The van der Waals surface area contributed by atoms with Crippen LogP contribution in [0.1, 0.15) is 23.4 Å². The lowest BCUT2D eigenvalue weighted by Crippen LogP contribution is -2.51. The van der Waals surface area contributed by atoms with Crippen molar-refractivity contribution in [1.29, 1.82) is 0 Å². The van der Waals surface area contributed by atoms with Gasteiger partial charge in [-0.25, -0.2) is 4.79 Å². The normalized spacial score (nSPS) is 20.8. The monoisotopic (exact) mass is 408 g/mol. The number of nitrogens with one attached hydrogen (secondary N) is 1. The summed E-state index contributed by atoms with van der Waals surface area (Å²) in [6, 6.07) is 14.6. The molecule has 2 heterocycles. The first-order valence-electron chi connectivity index (χ1n) is 9.33. The van der Waals surface area contributed by atoms with Crippen molar-refractivity contribution in [3.63, 3.8) is 0 Å². The van der Waals surface area contributed by atoms with Gasteiger partial charge in [-0.05, 0) is 48.2 Å². The number of hydrogen-bond donors (Lipinski definition) is 1. The molecule has 2 aliphatic rings. The molecule has 5 rings (SSSR count). The number of aromatic nitrogens is 2. The minimum atomic E-state index is -0.898. The van der Waals surface area contributed by atoms with Crippen molar-refractivity contribution in [3.05, 3.63) is 70.6 Å². The van der Waals surface area contributed by atoms with Gasteiger partial charge in [-0.15, -0.1) is 10.2 Å². The second-order valence-electron chi connectivity index (χ2n) is 7.36. The third-order valence-electron chi connectivity index (χ3n) is 5.53. The summed E-state index contributed by atoms with van der Waals surface area (Å²) >= 11 is 5.90. The van der Waals surface area contributed by atoms with Crippen molar-refractivity contribution >= 4 is 23.5 Å². The van der Waals surface area contributed by atoms with Crippen LogP contribution >= 0.6 is 11.6 Å². The molecule has 1 aliphatic heterocycles.